The molecule has 140 valence electrons. The fourth-order valence-corrected chi connectivity index (χ4v) is 9.09. The van der Waals surface area contributed by atoms with Gasteiger partial charge in [0, 0.05) is 18.3 Å². The quantitative estimate of drug-likeness (QED) is 0.563. The second-order valence-electron chi connectivity index (χ2n) is 8.04. The summed E-state index contributed by atoms with van der Waals surface area (Å²) in [5, 5.41) is 6.24. The van der Waals surface area contributed by atoms with Crippen molar-refractivity contribution < 1.29 is 0 Å². The summed E-state index contributed by atoms with van der Waals surface area (Å²) in [6.07, 6.45) is 16.5. The van der Waals surface area contributed by atoms with E-state index in [-0.39, 0.29) is 7.92 Å². The Bertz CT molecular complexity index is 678. The zero-order valence-electron chi connectivity index (χ0n) is 16.2. The van der Waals surface area contributed by atoms with E-state index in [1.807, 2.05) is 6.20 Å². The van der Waals surface area contributed by atoms with Crippen molar-refractivity contribution in [1.82, 2.24) is 9.78 Å². The molecule has 1 aromatic carbocycles. The molecule has 0 aliphatic heterocycles. The molecule has 0 unspecified atom stereocenters. The standard InChI is InChI=1S/C23H33N2P/c1-2-25-22(17-18-24-25)21-15-9-10-16-23(21)26(19-11-5-3-6-12-19)20-13-7-4-8-14-20/h9-10,15-20H,2-8,11-14H2,1H3. The largest absolute Gasteiger partial charge is 0.265 e. The van der Waals surface area contributed by atoms with E-state index in [2.05, 4.69) is 47.0 Å². The van der Waals surface area contributed by atoms with Crippen molar-refractivity contribution in [2.24, 2.45) is 0 Å². The molecule has 2 nitrogen and oxygen atoms in total. The molecule has 1 heterocycles. The van der Waals surface area contributed by atoms with Gasteiger partial charge < -0.3 is 0 Å². The predicted octanol–water partition coefficient (Wildman–Crippen LogP) is 6.34. The minimum Gasteiger partial charge on any atom is -0.265 e. The van der Waals surface area contributed by atoms with Crippen molar-refractivity contribution in [1.29, 1.82) is 0 Å². The van der Waals surface area contributed by atoms with Crippen LogP contribution >= 0.6 is 7.92 Å². The second-order valence-corrected chi connectivity index (χ2v) is 10.8. The summed E-state index contributed by atoms with van der Waals surface area (Å²) >= 11 is 0. The van der Waals surface area contributed by atoms with Crippen molar-refractivity contribution in [2.45, 2.75) is 89.0 Å². The van der Waals surface area contributed by atoms with Crippen LogP contribution in [-0.2, 0) is 6.54 Å². The number of aromatic nitrogens is 2. The van der Waals surface area contributed by atoms with Crippen LogP contribution in [0.5, 0.6) is 0 Å². The lowest BCUT2D eigenvalue weighted by Crippen LogP contribution is -2.27. The Morgan fingerprint density at radius 3 is 2.12 bits per heavy atom. The Morgan fingerprint density at radius 2 is 1.50 bits per heavy atom. The minimum absolute atomic E-state index is 0.0761. The summed E-state index contributed by atoms with van der Waals surface area (Å²) in [7, 11) is -0.0761. The maximum absolute atomic E-state index is 4.56. The average molecular weight is 369 g/mol. The van der Waals surface area contributed by atoms with Gasteiger partial charge in [-0.15, -0.1) is 0 Å². The highest BCUT2D eigenvalue weighted by Crippen LogP contribution is 2.56. The smallest absolute Gasteiger partial charge is 0.0688 e. The highest BCUT2D eigenvalue weighted by molar-refractivity contribution is 7.67. The molecule has 0 radical (unpaired) electrons. The lowest BCUT2D eigenvalue weighted by Gasteiger charge is -2.39. The van der Waals surface area contributed by atoms with E-state index < -0.39 is 0 Å². The molecule has 2 aromatic rings. The SMILES string of the molecule is CCn1nccc1-c1ccccc1P(C1CCCCC1)C1CCCCC1. The van der Waals surface area contributed by atoms with E-state index in [1.54, 1.807) is 5.30 Å². The predicted molar refractivity (Wildman–Crippen MR) is 114 cm³/mol. The topological polar surface area (TPSA) is 17.8 Å². The summed E-state index contributed by atoms with van der Waals surface area (Å²) < 4.78 is 2.17. The molecule has 0 spiro atoms. The fraction of sp³-hybridized carbons (Fsp3) is 0.609. The van der Waals surface area contributed by atoms with Gasteiger partial charge in [-0.2, -0.15) is 5.10 Å². The van der Waals surface area contributed by atoms with E-state index >= 15 is 0 Å². The first-order valence-electron chi connectivity index (χ1n) is 10.8. The van der Waals surface area contributed by atoms with E-state index in [0.717, 1.165) is 17.9 Å². The van der Waals surface area contributed by atoms with E-state index in [9.17, 15) is 0 Å². The van der Waals surface area contributed by atoms with Gasteiger partial charge in [0.1, 0.15) is 0 Å². The Balaban J connectivity index is 1.75. The fourth-order valence-electron chi connectivity index (χ4n) is 5.14. The van der Waals surface area contributed by atoms with Gasteiger partial charge in [0.2, 0.25) is 0 Å². The number of hydrogen-bond donors (Lipinski definition) is 0. The number of aryl methyl sites for hydroxylation is 1. The number of benzene rings is 1. The first kappa shape index (κ1) is 18.2. The van der Waals surface area contributed by atoms with Crippen molar-refractivity contribution >= 4 is 13.2 Å². The normalized spacial score (nSPS) is 19.9. The molecular formula is C23H33N2P. The Kier molecular flexibility index (Phi) is 6.10. The summed E-state index contributed by atoms with van der Waals surface area (Å²) in [5.74, 6) is 0. The minimum atomic E-state index is -0.0761. The summed E-state index contributed by atoms with van der Waals surface area (Å²) in [6.45, 7) is 3.14. The molecule has 0 saturated heterocycles. The highest BCUT2D eigenvalue weighted by Gasteiger charge is 2.33. The molecule has 0 N–H and O–H groups in total. The molecule has 3 heteroatoms. The van der Waals surface area contributed by atoms with Crippen LogP contribution in [0.2, 0.25) is 0 Å². The molecule has 1 aromatic heterocycles. The molecule has 2 aliphatic rings. The van der Waals surface area contributed by atoms with Crippen LogP contribution < -0.4 is 5.30 Å². The molecule has 0 atom stereocenters. The summed E-state index contributed by atoms with van der Waals surface area (Å²) in [4.78, 5) is 0. The molecular weight excluding hydrogens is 335 g/mol. The van der Waals surface area contributed by atoms with Crippen LogP contribution in [0, 0.1) is 0 Å². The Hall–Kier alpha value is -1.14. The van der Waals surface area contributed by atoms with Gasteiger partial charge in [0.05, 0.1) is 5.69 Å². The van der Waals surface area contributed by atoms with Gasteiger partial charge in [0.25, 0.3) is 0 Å². The van der Waals surface area contributed by atoms with Gasteiger partial charge in [-0.3, -0.25) is 4.68 Å². The molecule has 0 amide bonds. The van der Waals surface area contributed by atoms with Crippen LogP contribution in [0.3, 0.4) is 0 Å². The van der Waals surface area contributed by atoms with Crippen LogP contribution in [0.1, 0.15) is 71.1 Å². The zero-order chi connectivity index (χ0) is 17.8. The van der Waals surface area contributed by atoms with E-state index in [0.29, 0.717) is 0 Å². The molecule has 26 heavy (non-hydrogen) atoms. The Labute approximate surface area is 160 Å². The molecule has 2 fully saturated rings. The van der Waals surface area contributed by atoms with E-state index in [4.69, 9.17) is 0 Å². The van der Waals surface area contributed by atoms with Gasteiger partial charge in [0.15, 0.2) is 0 Å². The van der Waals surface area contributed by atoms with Gasteiger partial charge in [-0.05, 0) is 55.3 Å². The average Bonchev–Trinajstić information content (AvgIpc) is 3.19. The monoisotopic (exact) mass is 368 g/mol. The summed E-state index contributed by atoms with van der Waals surface area (Å²) in [6, 6.07) is 11.6. The van der Waals surface area contributed by atoms with Crippen molar-refractivity contribution in [3.63, 3.8) is 0 Å². The second kappa shape index (κ2) is 8.70. The maximum atomic E-state index is 4.56. The molecule has 2 aliphatic carbocycles. The summed E-state index contributed by atoms with van der Waals surface area (Å²) in [5.41, 5.74) is 4.68. The number of rotatable bonds is 5. The van der Waals surface area contributed by atoms with Crippen LogP contribution in [0.25, 0.3) is 11.3 Å². The lowest BCUT2D eigenvalue weighted by molar-refractivity contribution is 0.487. The van der Waals surface area contributed by atoms with Crippen LogP contribution in [-0.4, -0.2) is 21.1 Å². The Morgan fingerprint density at radius 1 is 0.885 bits per heavy atom. The maximum Gasteiger partial charge on any atom is 0.0688 e. The molecule has 0 bridgehead atoms. The number of nitrogens with zero attached hydrogens (tertiary/aromatic N) is 2. The van der Waals surface area contributed by atoms with Crippen molar-refractivity contribution in [3.05, 3.63) is 36.5 Å². The van der Waals surface area contributed by atoms with Crippen LogP contribution in [0.15, 0.2) is 36.5 Å². The zero-order valence-corrected chi connectivity index (χ0v) is 17.1. The molecule has 2 saturated carbocycles. The van der Waals surface area contributed by atoms with Gasteiger partial charge in [-0.25, -0.2) is 0 Å². The third-order valence-corrected chi connectivity index (χ3v) is 9.96. The first-order valence-corrected chi connectivity index (χ1v) is 12.3. The van der Waals surface area contributed by atoms with E-state index in [1.165, 1.54) is 75.5 Å². The third kappa shape index (κ3) is 3.77. The van der Waals surface area contributed by atoms with Crippen LogP contribution in [0.4, 0.5) is 0 Å². The molecule has 4 rings (SSSR count). The lowest BCUT2D eigenvalue weighted by atomic mass is 9.99. The van der Waals surface area contributed by atoms with Gasteiger partial charge in [-0.1, -0.05) is 70.7 Å². The number of hydrogen-bond acceptors (Lipinski definition) is 1. The van der Waals surface area contributed by atoms with Crippen molar-refractivity contribution in [2.75, 3.05) is 0 Å². The highest BCUT2D eigenvalue weighted by atomic mass is 31.1. The third-order valence-electron chi connectivity index (χ3n) is 6.41. The van der Waals surface area contributed by atoms with Gasteiger partial charge >= 0.3 is 0 Å². The van der Waals surface area contributed by atoms with Crippen molar-refractivity contribution in [3.8, 4) is 11.3 Å². The first-order chi connectivity index (χ1) is 12.9.